The molecule has 0 spiro atoms. The second-order valence-electron chi connectivity index (χ2n) is 8.09. The summed E-state index contributed by atoms with van der Waals surface area (Å²) < 4.78 is 6.13. The van der Waals surface area contributed by atoms with E-state index >= 15 is 0 Å². The Bertz CT molecular complexity index is 959. The SMILES string of the molecule is OCCCN1CCN(CC(O)COc2ccc3ccccc3c2-c2cccnc2)CC1. The Labute approximate surface area is 183 Å². The maximum Gasteiger partial charge on any atom is 0.127 e. The summed E-state index contributed by atoms with van der Waals surface area (Å²) in [4.78, 5) is 8.93. The van der Waals surface area contributed by atoms with Gasteiger partial charge in [-0.15, -0.1) is 0 Å². The number of aliphatic hydroxyl groups excluding tert-OH is 2. The van der Waals surface area contributed by atoms with E-state index in [1.807, 2.05) is 36.5 Å². The average Bonchev–Trinajstić information content (AvgIpc) is 2.82. The van der Waals surface area contributed by atoms with E-state index in [0.29, 0.717) is 6.54 Å². The van der Waals surface area contributed by atoms with Gasteiger partial charge >= 0.3 is 0 Å². The summed E-state index contributed by atoms with van der Waals surface area (Å²) in [5.41, 5.74) is 2.01. The zero-order valence-corrected chi connectivity index (χ0v) is 17.9. The first-order valence-electron chi connectivity index (χ1n) is 11.0. The molecular weight excluding hydrogens is 390 g/mol. The number of pyridine rings is 1. The third-order valence-electron chi connectivity index (χ3n) is 5.84. The first-order chi connectivity index (χ1) is 15.2. The van der Waals surface area contributed by atoms with Crippen molar-refractivity contribution in [2.75, 3.05) is 52.5 Å². The molecule has 6 nitrogen and oxygen atoms in total. The number of hydrogen-bond donors (Lipinski definition) is 2. The number of nitrogens with zero attached hydrogens (tertiary/aromatic N) is 3. The predicted octanol–water partition coefficient (Wildman–Crippen LogP) is 2.64. The summed E-state index contributed by atoms with van der Waals surface area (Å²) in [5.74, 6) is 0.763. The highest BCUT2D eigenvalue weighted by Gasteiger charge is 2.20. The van der Waals surface area contributed by atoms with Gasteiger partial charge in [0.25, 0.3) is 0 Å². The van der Waals surface area contributed by atoms with Gasteiger partial charge in [-0.1, -0.05) is 36.4 Å². The van der Waals surface area contributed by atoms with Crippen LogP contribution in [0.5, 0.6) is 5.75 Å². The maximum absolute atomic E-state index is 10.6. The average molecular weight is 422 g/mol. The number of hydrogen-bond acceptors (Lipinski definition) is 6. The minimum Gasteiger partial charge on any atom is -0.490 e. The van der Waals surface area contributed by atoms with E-state index in [1.54, 1.807) is 6.20 Å². The van der Waals surface area contributed by atoms with Crippen molar-refractivity contribution in [2.45, 2.75) is 12.5 Å². The molecule has 0 saturated carbocycles. The van der Waals surface area contributed by atoms with Crippen molar-refractivity contribution < 1.29 is 14.9 Å². The zero-order valence-electron chi connectivity index (χ0n) is 17.9. The fourth-order valence-corrected chi connectivity index (χ4v) is 4.21. The topological polar surface area (TPSA) is 69.1 Å². The summed E-state index contributed by atoms with van der Waals surface area (Å²) in [6.07, 6.45) is 3.88. The Kier molecular flexibility index (Phi) is 7.48. The zero-order chi connectivity index (χ0) is 21.5. The molecule has 0 aliphatic carbocycles. The molecule has 1 aliphatic rings. The van der Waals surface area contributed by atoms with E-state index in [1.165, 1.54) is 0 Å². The molecule has 3 aromatic rings. The van der Waals surface area contributed by atoms with Crippen LogP contribution in [0.1, 0.15) is 6.42 Å². The smallest absolute Gasteiger partial charge is 0.127 e. The van der Waals surface area contributed by atoms with Crippen molar-refractivity contribution in [3.05, 3.63) is 60.9 Å². The minimum atomic E-state index is -0.558. The van der Waals surface area contributed by atoms with E-state index in [-0.39, 0.29) is 13.2 Å². The third-order valence-corrected chi connectivity index (χ3v) is 5.84. The number of β-amino-alcohol motifs (C(OH)–C–C–N with tert-alkyl or cyclic N) is 1. The number of rotatable bonds is 9. The normalized spacial score (nSPS) is 16.5. The molecule has 0 bridgehead atoms. The Hall–Kier alpha value is -2.51. The molecule has 4 rings (SSSR count). The van der Waals surface area contributed by atoms with Gasteiger partial charge in [0.2, 0.25) is 0 Å². The first kappa shape index (κ1) is 21.7. The van der Waals surface area contributed by atoms with Crippen LogP contribution in [0.15, 0.2) is 60.9 Å². The van der Waals surface area contributed by atoms with Crippen molar-refractivity contribution in [2.24, 2.45) is 0 Å². The molecule has 2 N–H and O–H groups in total. The van der Waals surface area contributed by atoms with E-state index in [2.05, 4.69) is 33.0 Å². The summed E-state index contributed by atoms with van der Waals surface area (Å²) in [7, 11) is 0. The molecule has 1 aromatic heterocycles. The largest absolute Gasteiger partial charge is 0.490 e. The Morgan fingerprint density at radius 2 is 1.77 bits per heavy atom. The molecule has 1 saturated heterocycles. The van der Waals surface area contributed by atoms with E-state index in [9.17, 15) is 5.11 Å². The van der Waals surface area contributed by atoms with Crippen LogP contribution < -0.4 is 4.74 Å². The number of fused-ring (bicyclic) bond motifs is 1. The molecule has 0 amide bonds. The molecule has 6 heteroatoms. The van der Waals surface area contributed by atoms with Gasteiger partial charge in [-0.3, -0.25) is 9.88 Å². The lowest BCUT2D eigenvalue weighted by molar-refractivity contribution is 0.0452. The Morgan fingerprint density at radius 3 is 2.55 bits per heavy atom. The van der Waals surface area contributed by atoms with Gasteiger partial charge in [-0.2, -0.15) is 0 Å². The molecule has 1 atom stereocenters. The van der Waals surface area contributed by atoms with Crippen LogP contribution in [0.3, 0.4) is 0 Å². The van der Waals surface area contributed by atoms with Gasteiger partial charge in [-0.05, 0) is 29.3 Å². The van der Waals surface area contributed by atoms with Gasteiger partial charge in [0.1, 0.15) is 18.5 Å². The summed E-state index contributed by atoms with van der Waals surface area (Å²) >= 11 is 0. The van der Waals surface area contributed by atoms with Crippen molar-refractivity contribution in [3.63, 3.8) is 0 Å². The van der Waals surface area contributed by atoms with Crippen molar-refractivity contribution in [1.82, 2.24) is 14.8 Å². The highest BCUT2D eigenvalue weighted by atomic mass is 16.5. The van der Waals surface area contributed by atoms with Crippen molar-refractivity contribution in [1.29, 1.82) is 0 Å². The molecule has 31 heavy (non-hydrogen) atoms. The van der Waals surface area contributed by atoms with Crippen molar-refractivity contribution in [3.8, 4) is 16.9 Å². The molecule has 0 radical (unpaired) electrons. The Morgan fingerprint density at radius 1 is 0.968 bits per heavy atom. The lowest BCUT2D eigenvalue weighted by Crippen LogP contribution is -2.49. The Balaban J connectivity index is 1.40. The van der Waals surface area contributed by atoms with Crippen LogP contribution in [-0.4, -0.2) is 83.6 Å². The molecule has 2 aromatic carbocycles. The van der Waals surface area contributed by atoms with E-state index in [4.69, 9.17) is 9.84 Å². The lowest BCUT2D eigenvalue weighted by Gasteiger charge is -2.35. The van der Waals surface area contributed by atoms with E-state index < -0.39 is 6.10 Å². The van der Waals surface area contributed by atoms with Crippen LogP contribution in [0.4, 0.5) is 0 Å². The fraction of sp³-hybridized carbons (Fsp3) is 0.400. The number of ether oxygens (including phenoxy) is 1. The summed E-state index contributed by atoms with van der Waals surface area (Å²) in [6.45, 7) is 5.84. The number of aliphatic hydroxyl groups is 2. The lowest BCUT2D eigenvalue weighted by atomic mass is 9.98. The van der Waals surface area contributed by atoms with Gasteiger partial charge < -0.3 is 19.8 Å². The van der Waals surface area contributed by atoms with Crippen LogP contribution in [0.2, 0.25) is 0 Å². The second-order valence-corrected chi connectivity index (χ2v) is 8.09. The number of aromatic nitrogens is 1. The van der Waals surface area contributed by atoms with Crippen molar-refractivity contribution >= 4 is 10.8 Å². The fourth-order valence-electron chi connectivity index (χ4n) is 4.21. The van der Waals surface area contributed by atoms with Crippen LogP contribution in [0, 0.1) is 0 Å². The van der Waals surface area contributed by atoms with Gasteiger partial charge in [0.05, 0.1) is 0 Å². The van der Waals surface area contributed by atoms with E-state index in [0.717, 1.165) is 66.8 Å². The molecule has 164 valence electrons. The summed E-state index contributed by atoms with van der Waals surface area (Å²) in [5, 5.41) is 21.9. The van der Waals surface area contributed by atoms with Gasteiger partial charge in [0.15, 0.2) is 0 Å². The maximum atomic E-state index is 10.6. The van der Waals surface area contributed by atoms with Gasteiger partial charge in [0, 0.05) is 69.4 Å². The highest BCUT2D eigenvalue weighted by Crippen LogP contribution is 2.36. The monoisotopic (exact) mass is 421 g/mol. The molecular formula is C25H31N3O3. The summed E-state index contributed by atoms with van der Waals surface area (Å²) in [6, 6.07) is 16.2. The molecule has 1 unspecified atom stereocenters. The van der Waals surface area contributed by atoms with Gasteiger partial charge in [-0.25, -0.2) is 0 Å². The third kappa shape index (κ3) is 5.60. The van der Waals surface area contributed by atoms with Crippen LogP contribution in [-0.2, 0) is 0 Å². The molecule has 2 heterocycles. The predicted molar refractivity (Wildman–Crippen MR) is 123 cm³/mol. The number of benzene rings is 2. The molecule has 1 aliphatic heterocycles. The highest BCUT2D eigenvalue weighted by molar-refractivity contribution is 5.99. The standard InChI is InChI=1S/C25H31N3O3/c29-16-4-11-27-12-14-28(15-13-27)18-22(30)19-31-24-9-8-20-5-1-2-7-23(20)25(24)21-6-3-10-26-17-21/h1-3,5-10,17,22,29-30H,4,11-16,18-19H2. The minimum absolute atomic E-state index is 0.242. The van der Waals surface area contributed by atoms with Crippen LogP contribution in [0.25, 0.3) is 21.9 Å². The first-order valence-corrected chi connectivity index (χ1v) is 11.0. The van der Waals surface area contributed by atoms with Crippen LogP contribution >= 0.6 is 0 Å². The number of piperazine rings is 1. The molecule has 1 fully saturated rings. The second kappa shape index (κ2) is 10.7. The quantitative estimate of drug-likeness (QED) is 0.554.